The van der Waals surface area contributed by atoms with Crippen LogP contribution in [-0.2, 0) is 4.79 Å². The highest BCUT2D eigenvalue weighted by Crippen LogP contribution is 2.33. The summed E-state index contributed by atoms with van der Waals surface area (Å²) >= 11 is 0. The lowest BCUT2D eigenvalue weighted by atomic mass is 9.76. The predicted octanol–water partition coefficient (Wildman–Crippen LogP) is 1.37. The van der Waals surface area contributed by atoms with Gasteiger partial charge in [0.05, 0.1) is 5.54 Å². The number of nitrogens with two attached hydrogens (primary N) is 1. The zero-order chi connectivity index (χ0) is 11.1. The molecule has 0 aromatic rings. The highest BCUT2D eigenvalue weighted by molar-refractivity contribution is 5.87. The van der Waals surface area contributed by atoms with Crippen LogP contribution in [-0.4, -0.2) is 29.4 Å². The topological polar surface area (TPSA) is 46.3 Å². The highest BCUT2D eigenvalue weighted by Gasteiger charge is 2.44. The number of carbonyl (C=O) groups excluding carboxylic acids is 1. The molecule has 1 amide bonds. The molecule has 1 saturated carbocycles. The molecule has 0 radical (unpaired) electrons. The van der Waals surface area contributed by atoms with Gasteiger partial charge in [-0.05, 0) is 37.5 Å². The molecule has 1 saturated heterocycles. The molecule has 2 N–H and O–H groups in total. The van der Waals surface area contributed by atoms with Crippen LogP contribution in [0.5, 0.6) is 0 Å². The van der Waals surface area contributed by atoms with Gasteiger partial charge in [0.2, 0.25) is 5.91 Å². The minimum atomic E-state index is -0.494. The minimum Gasteiger partial charge on any atom is -0.341 e. The van der Waals surface area contributed by atoms with Crippen molar-refractivity contribution in [1.29, 1.82) is 0 Å². The summed E-state index contributed by atoms with van der Waals surface area (Å²) in [6.07, 6.45) is 4.03. The fourth-order valence-corrected chi connectivity index (χ4v) is 2.60. The number of hydrogen-bond donors (Lipinski definition) is 1. The Morgan fingerprint density at radius 1 is 1.47 bits per heavy atom. The van der Waals surface area contributed by atoms with Crippen molar-refractivity contribution < 1.29 is 4.79 Å². The van der Waals surface area contributed by atoms with Crippen molar-refractivity contribution in [2.45, 2.75) is 45.1 Å². The van der Waals surface area contributed by atoms with Gasteiger partial charge in [-0.15, -0.1) is 0 Å². The Labute approximate surface area is 92.0 Å². The van der Waals surface area contributed by atoms with Crippen molar-refractivity contribution in [2.75, 3.05) is 13.1 Å². The van der Waals surface area contributed by atoms with E-state index in [1.54, 1.807) is 0 Å². The van der Waals surface area contributed by atoms with E-state index < -0.39 is 5.54 Å². The first-order valence-corrected chi connectivity index (χ1v) is 6.11. The molecule has 1 unspecified atom stereocenters. The maximum absolute atomic E-state index is 12.1. The zero-order valence-electron chi connectivity index (χ0n) is 9.83. The molecule has 1 aliphatic heterocycles. The van der Waals surface area contributed by atoms with Gasteiger partial charge in [0.1, 0.15) is 0 Å². The minimum absolute atomic E-state index is 0.205. The van der Waals surface area contributed by atoms with Gasteiger partial charge in [-0.25, -0.2) is 0 Å². The van der Waals surface area contributed by atoms with Crippen molar-refractivity contribution in [3.8, 4) is 0 Å². The molecule has 3 nitrogen and oxygen atoms in total. The van der Waals surface area contributed by atoms with Gasteiger partial charge in [-0.1, -0.05) is 13.8 Å². The van der Waals surface area contributed by atoms with E-state index in [-0.39, 0.29) is 5.91 Å². The van der Waals surface area contributed by atoms with E-state index in [0.717, 1.165) is 38.8 Å². The Kier molecular flexibility index (Phi) is 2.75. The molecule has 0 bridgehead atoms. The first kappa shape index (κ1) is 10.9. The largest absolute Gasteiger partial charge is 0.341 e. The smallest absolute Gasteiger partial charge is 0.242 e. The second kappa shape index (κ2) is 3.78. The van der Waals surface area contributed by atoms with E-state index >= 15 is 0 Å². The lowest BCUT2D eigenvalue weighted by Gasteiger charge is -2.39. The van der Waals surface area contributed by atoms with E-state index in [1.165, 1.54) is 0 Å². The van der Waals surface area contributed by atoms with Crippen LogP contribution in [0.15, 0.2) is 0 Å². The maximum Gasteiger partial charge on any atom is 0.242 e. The van der Waals surface area contributed by atoms with Crippen molar-refractivity contribution in [3.05, 3.63) is 0 Å². The monoisotopic (exact) mass is 210 g/mol. The molecule has 3 heteroatoms. The van der Waals surface area contributed by atoms with Crippen LogP contribution >= 0.6 is 0 Å². The summed E-state index contributed by atoms with van der Waals surface area (Å²) in [5.41, 5.74) is 5.56. The lowest BCUT2D eigenvalue weighted by molar-refractivity contribution is -0.139. The third-order valence-electron chi connectivity index (χ3n) is 4.13. The molecule has 15 heavy (non-hydrogen) atoms. The molecule has 0 aromatic carbocycles. The van der Waals surface area contributed by atoms with Gasteiger partial charge in [-0.3, -0.25) is 4.79 Å². The van der Waals surface area contributed by atoms with Crippen molar-refractivity contribution in [3.63, 3.8) is 0 Å². The summed E-state index contributed by atoms with van der Waals surface area (Å²) in [4.78, 5) is 14.1. The Morgan fingerprint density at radius 2 is 2.13 bits per heavy atom. The molecule has 1 aliphatic carbocycles. The van der Waals surface area contributed by atoms with Crippen LogP contribution in [0.3, 0.4) is 0 Å². The van der Waals surface area contributed by atoms with E-state index in [9.17, 15) is 4.79 Å². The maximum atomic E-state index is 12.1. The lowest BCUT2D eigenvalue weighted by Crippen LogP contribution is -2.59. The van der Waals surface area contributed by atoms with E-state index in [0.29, 0.717) is 11.8 Å². The van der Waals surface area contributed by atoms with Crippen LogP contribution in [0.2, 0.25) is 0 Å². The Bertz CT molecular complexity index is 258. The molecular weight excluding hydrogens is 188 g/mol. The molecule has 1 heterocycles. The number of rotatable bonds is 2. The number of likely N-dealkylation sites (tertiary alicyclic amines) is 1. The molecule has 2 rings (SSSR count). The summed E-state index contributed by atoms with van der Waals surface area (Å²) < 4.78 is 0. The van der Waals surface area contributed by atoms with Crippen molar-refractivity contribution >= 4 is 5.91 Å². The summed E-state index contributed by atoms with van der Waals surface area (Å²) in [7, 11) is 0. The van der Waals surface area contributed by atoms with Crippen LogP contribution in [0.1, 0.15) is 39.5 Å². The second-order valence-corrected chi connectivity index (χ2v) is 5.55. The molecule has 0 spiro atoms. The normalized spacial score (nSPS) is 29.3. The number of nitrogens with zero attached hydrogens (tertiary/aromatic N) is 1. The molecule has 1 atom stereocenters. The summed E-state index contributed by atoms with van der Waals surface area (Å²) in [6.45, 7) is 6.32. The zero-order valence-corrected chi connectivity index (χ0v) is 9.83. The highest BCUT2D eigenvalue weighted by atomic mass is 16.2. The van der Waals surface area contributed by atoms with Crippen LogP contribution in [0.25, 0.3) is 0 Å². The van der Waals surface area contributed by atoms with Crippen LogP contribution < -0.4 is 5.73 Å². The number of amides is 1. The standard InChI is InChI=1S/C12H22N2O/c1-9(2)10-4-7-14(8-10)11(15)12(13)5-3-6-12/h9-10H,3-8,13H2,1-2H3. The fraction of sp³-hybridized carbons (Fsp3) is 0.917. The first-order chi connectivity index (χ1) is 7.03. The first-order valence-electron chi connectivity index (χ1n) is 6.11. The Balaban J connectivity index is 1.93. The van der Waals surface area contributed by atoms with Gasteiger partial charge >= 0.3 is 0 Å². The fourth-order valence-electron chi connectivity index (χ4n) is 2.60. The van der Waals surface area contributed by atoms with Gasteiger partial charge in [0, 0.05) is 13.1 Å². The second-order valence-electron chi connectivity index (χ2n) is 5.55. The Morgan fingerprint density at radius 3 is 2.53 bits per heavy atom. The third kappa shape index (κ3) is 1.89. The van der Waals surface area contributed by atoms with Crippen LogP contribution in [0.4, 0.5) is 0 Å². The van der Waals surface area contributed by atoms with E-state index in [2.05, 4.69) is 13.8 Å². The Hall–Kier alpha value is -0.570. The average Bonchev–Trinajstić information content (AvgIpc) is 2.61. The molecule has 86 valence electrons. The van der Waals surface area contributed by atoms with Gasteiger partial charge in [0.25, 0.3) is 0 Å². The average molecular weight is 210 g/mol. The van der Waals surface area contributed by atoms with Gasteiger partial charge in [-0.2, -0.15) is 0 Å². The summed E-state index contributed by atoms with van der Waals surface area (Å²) in [6, 6.07) is 0. The quantitative estimate of drug-likeness (QED) is 0.748. The molecule has 2 aliphatic rings. The van der Waals surface area contributed by atoms with E-state index in [1.807, 2.05) is 4.90 Å². The van der Waals surface area contributed by atoms with Gasteiger partial charge < -0.3 is 10.6 Å². The van der Waals surface area contributed by atoms with E-state index in [4.69, 9.17) is 5.73 Å². The molecule has 2 fully saturated rings. The summed E-state index contributed by atoms with van der Waals surface area (Å²) in [5.74, 6) is 1.56. The van der Waals surface area contributed by atoms with Gasteiger partial charge in [0.15, 0.2) is 0 Å². The number of carbonyl (C=O) groups is 1. The van der Waals surface area contributed by atoms with Crippen molar-refractivity contribution in [1.82, 2.24) is 4.90 Å². The van der Waals surface area contributed by atoms with Crippen molar-refractivity contribution in [2.24, 2.45) is 17.6 Å². The molecular formula is C12H22N2O. The third-order valence-corrected chi connectivity index (χ3v) is 4.13. The SMILES string of the molecule is CC(C)C1CCN(C(=O)C2(N)CCC2)C1. The summed E-state index contributed by atoms with van der Waals surface area (Å²) in [5, 5.41) is 0. The number of hydrogen-bond acceptors (Lipinski definition) is 2. The van der Waals surface area contributed by atoms with Crippen LogP contribution in [0, 0.1) is 11.8 Å². The molecule has 0 aromatic heterocycles. The predicted molar refractivity (Wildman–Crippen MR) is 60.3 cm³/mol.